The number of ether oxygens (including phenoxy) is 3. The van der Waals surface area contributed by atoms with Crippen molar-refractivity contribution in [2.45, 2.75) is 84.2 Å². The van der Waals surface area contributed by atoms with E-state index in [1.165, 1.54) is 0 Å². The summed E-state index contributed by atoms with van der Waals surface area (Å²) < 4.78 is 19.0. The normalized spacial score (nSPS) is 14.8. The monoisotopic (exact) mass is 722 g/mol. The van der Waals surface area contributed by atoms with Crippen molar-refractivity contribution in [1.82, 2.24) is 29.5 Å². The lowest BCUT2D eigenvalue weighted by atomic mass is 10.0. The minimum absolute atomic E-state index is 0.0546. The minimum atomic E-state index is -1.03. The van der Waals surface area contributed by atoms with Crippen LogP contribution < -0.4 is 24.0 Å². The quantitative estimate of drug-likeness (QED) is 0.119. The summed E-state index contributed by atoms with van der Waals surface area (Å²) in [5, 5.41) is 16.8. The Morgan fingerprint density at radius 3 is 2.04 bits per heavy atom. The molecule has 0 bridgehead atoms. The Labute approximate surface area is 313 Å². The molecule has 0 aliphatic carbocycles. The van der Waals surface area contributed by atoms with Gasteiger partial charge in [0.25, 0.3) is 0 Å². The fourth-order valence-corrected chi connectivity index (χ4v) is 7.07. The van der Waals surface area contributed by atoms with E-state index in [1.807, 2.05) is 54.6 Å². The first-order chi connectivity index (χ1) is 25.7. The summed E-state index contributed by atoms with van der Waals surface area (Å²) in [6, 6.07) is 18.9. The smallest absolute Gasteiger partial charge is 0.336 e. The van der Waals surface area contributed by atoms with Gasteiger partial charge in [-0.3, -0.25) is 0 Å². The fourth-order valence-electron chi connectivity index (χ4n) is 7.07. The van der Waals surface area contributed by atoms with Gasteiger partial charge in [0.2, 0.25) is 0 Å². The molecular weight excluding hydrogens is 669 g/mol. The number of aryl methyl sites for hydroxylation is 1. The van der Waals surface area contributed by atoms with Crippen molar-refractivity contribution in [2.75, 3.05) is 51.2 Å². The van der Waals surface area contributed by atoms with Crippen LogP contribution in [-0.4, -0.2) is 88.1 Å². The zero-order valence-corrected chi connectivity index (χ0v) is 32.2. The average Bonchev–Trinajstić information content (AvgIpc) is 3.61. The highest BCUT2D eigenvalue weighted by atomic mass is 16.5. The van der Waals surface area contributed by atoms with Gasteiger partial charge in [-0.15, -0.1) is 5.10 Å². The summed E-state index contributed by atoms with van der Waals surface area (Å²) >= 11 is 0. The molecule has 1 fully saturated rings. The number of hydrogen-bond donors (Lipinski definition) is 1. The van der Waals surface area contributed by atoms with Crippen molar-refractivity contribution >= 4 is 17.3 Å². The predicted molar refractivity (Wildman–Crippen MR) is 208 cm³/mol. The Kier molecular flexibility index (Phi) is 12.3. The molecular formula is C41H54N8O4. The summed E-state index contributed by atoms with van der Waals surface area (Å²) in [6.45, 7) is 9.26. The maximum Gasteiger partial charge on any atom is 0.336 e. The number of nitrogens with zero attached hydrogens (tertiary/aromatic N) is 8. The van der Waals surface area contributed by atoms with E-state index < -0.39 is 6.10 Å². The number of anilines is 2. The minimum Gasteiger partial charge on any atom is -0.497 e. The van der Waals surface area contributed by atoms with Gasteiger partial charge in [-0.1, -0.05) is 44.5 Å². The first-order valence-corrected chi connectivity index (χ1v) is 18.7. The standard InChI is InChI=1S/C41H54N8O4/c1-8-10-33(9-2)53-41-44-40(48(26-29-11-15-34(51-6)16-12-29)27-30-13-17-35(52-7)18-14-30)39-43-25-36(49(39)45-41)37(50)31-23-28(3)38(42-24-31)47-21-19-32(20-22-47)46(4)5/h11-18,23-25,32-33,37,50H,8-10,19-22,26-27H2,1-7H3. The van der Waals surface area contributed by atoms with E-state index in [0.29, 0.717) is 41.9 Å². The van der Waals surface area contributed by atoms with Gasteiger partial charge in [-0.2, -0.15) is 4.98 Å². The zero-order valence-electron chi connectivity index (χ0n) is 32.2. The van der Waals surface area contributed by atoms with Crippen molar-refractivity contribution in [3.63, 3.8) is 0 Å². The van der Waals surface area contributed by atoms with E-state index >= 15 is 0 Å². The number of benzene rings is 2. The summed E-state index contributed by atoms with van der Waals surface area (Å²) in [6.07, 6.45) is 7.22. The Hall–Kier alpha value is -4.94. The molecule has 5 aromatic rings. The number of pyridine rings is 1. The molecule has 12 heteroatoms. The Morgan fingerprint density at radius 2 is 1.51 bits per heavy atom. The SMILES string of the molecule is CCCC(CC)Oc1nc(N(Cc2ccc(OC)cc2)Cc2ccc(OC)cc2)c2ncc(C(O)c3cnc(N4CCC(N(C)C)CC4)c(C)c3)n2n1. The molecule has 53 heavy (non-hydrogen) atoms. The molecule has 2 aromatic carbocycles. The molecule has 0 amide bonds. The summed E-state index contributed by atoms with van der Waals surface area (Å²) in [5.74, 6) is 3.13. The molecule has 2 atom stereocenters. The van der Waals surface area contributed by atoms with Crippen molar-refractivity contribution < 1.29 is 19.3 Å². The first kappa shape index (κ1) is 37.8. The van der Waals surface area contributed by atoms with Crippen LogP contribution in [0.15, 0.2) is 67.0 Å². The van der Waals surface area contributed by atoms with E-state index in [-0.39, 0.29) is 12.1 Å². The number of aliphatic hydroxyl groups is 1. The van der Waals surface area contributed by atoms with Crippen LogP contribution >= 0.6 is 0 Å². The van der Waals surface area contributed by atoms with Gasteiger partial charge in [0.1, 0.15) is 29.5 Å². The Morgan fingerprint density at radius 1 is 0.887 bits per heavy atom. The molecule has 12 nitrogen and oxygen atoms in total. The highest BCUT2D eigenvalue weighted by molar-refractivity contribution is 5.65. The van der Waals surface area contributed by atoms with Crippen LogP contribution in [0.25, 0.3) is 5.65 Å². The lowest BCUT2D eigenvalue weighted by Crippen LogP contribution is -2.42. The van der Waals surface area contributed by atoms with Crippen LogP contribution in [-0.2, 0) is 13.1 Å². The molecule has 0 spiro atoms. The van der Waals surface area contributed by atoms with E-state index in [4.69, 9.17) is 34.3 Å². The fraction of sp³-hybridized carbons (Fsp3) is 0.463. The van der Waals surface area contributed by atoms with Crippen molar-refractivity contribution in [1.29, 1.82) is 0 Å². The van der Waals surface area contributed by atoms with Crippen LogP contribution in [0.1, 0.15) is 80.0 Å². The third-order valence-electron chi connectivity index (χ3n) is 10.2. The molecule has 6 rings (SSSR count). The summed E-state index contributed by atoms with van der Waals surface area (Å²) in [5.41, 5.74) is 4.84. The Bertz CT molecular complexity index is 1870. The largest absolute Gasteiger partial charge is 0.497 e. The number of methoxy groups -OCH3 is 2. The number of fused-ring (bicyclic) bond motifs is 1. The van der Waals surface area contributed by atoms with Crippen molar-refractivity contribution in [3.05, 3.63) is 94.9 Å². The van der Waals surface area contributed by atoms with Gasteiger partial charge >= 0.3 is 6.01 Å². The number of rotatable bonds is 16. The molecule has 3 aromatic heterocycles. The zero-order chi connectivity index (χ0) is 37.5. The summed E-state index contributed by atoms with van der Waals surface area (Å²) in [4.78, 5) is 21.6. The van der Waals surface area contributed by atoms with Gasteiger partial charge in [-0.25, -0.2) is 14.5 Å². The van der Waals surface area contributed by atoms with Crippen molar-refractivity contribution in [2.24, 2.45) is 0 Å². The van der Waals surface area contributed by atoms with Crippen molar-refractivity contribution in [3.8, 4) is 17.5 Å². The molecule has 1 saturated heterocycles. The average molecular weight is 723 g/mol. The van der Waals surface area contributed by atoms with Crippen LogP contribution in [0.2, 0.25) is 0 Å². The summed E-state index contributed by atoms with van der Waals surface area (Å²) in [7, 11) is 7.63. The van der Waals surface area contributed by atoms with Gasteiger partial charge in [0.05, 0.1) is 26.1 Å². The highest BCUT2D eigenvalue weighted by Crippen LogP contribution is 2.32. The lowest BCUT2D eigenvalue weighted by Gasteiger charge is -2.36. The number of aromatic nitrogens is 5. The number of piperidine rings is 1. The Balaban J connectivity index is 1.39. The molecule has 0 saturated carbocycles. The second-order valence-electron chi connectivity index (χ2n) is 14.1. The van der Waals surface area contributed by atoms with E-state index in [2.05, 4.69) is 49.6 Å². The second kappa shape index (κ2) is 17.3. The van der Waals surface area contributed by atoms with Crippen LogP contribution in [0, 0.1) is 6.92 Å². The number of aliphatic hydroxyl groups excluding tert-OH is 1. The third kappa shape index (κ3) is 8.82. The molecule has 4 heterocycles. The van der Waals surface area contributed by atoms with Gasteiger partial charge in [-0.05, 0) is 93.7 Å². The molecule has 1 N–H and O–H groups in total. The molecule has 1 aliphatic heterocycles. The number of hydrogen-bond acceptors (Lipinski definition) is 11. The van der Waals surface area contributed by atoms with Crippen LogP contribution in [0.4, 0.5) is 11.6 Å². The maximum atomic E-state index is 11.9. The van der Waals surface area contributed by atoms with E-state index in [0.717, 1.165) is 79.2 Å². The molecule has 1 aliphatic rings. The van der Waals surface area contributed by atoms with Crippen LogP contribution in [0.5, 0.6) is 17.5 Å². The van der Waals surface area contributed by atoms with Gasteiger partial charge in [0.15, 0.2) is 11.5 Å². The van der Waals surface area contributed by atoms with E-state index in [1.54, 1.807) is 31.1 Å². The lowest BCUT2D eigenvalue weighted by molar-refractivity contribution is 0.166. The molecule has 0 radical (unpaired) electrons. The highest BCUT2D eigenvalue weighted by Gasteiger charge is 2.27. The van der Waals surface area contributed by atoms with Crippen LogP contribution in [0.3, 0.4) is 0 Å². The molecule has 2 unspecified atom stereocenters. The number of imidazole rings is 1. The van der Waals surface area contributed by atoms with E-state index in [9.17, 15) is 5.11 Å². The van der Waals surface area contributed by atoms with Gasteiger partial charge < -0.3 is 34.0 Å². The predicted octanol–water partition coefficient (Wildman–Crippen LogP) is 6.62. The first-order valence-electron chi connectivity index (χ1n) is 18.7. The topological polar surface area (TPSA) is 114 Å². The third-order valence-corrected chi connectivity index (χ3v) is 10.2. The molecule has 282 valence electrons. The van der Waals surface area contributed by atoms with Gasteiger partial charge in [0, 0.05) is 44.0 Å². The maximum absolute atomic E-state index is 11.9. The second-order valence-corrected chi connectivity index (χ2v) is 14.1.